The Labute approximate surface area is 115 Å². The molecule has 74 valence electrons. The van der Waals surface area contributed by atoms with Crippen molar-refractivity contribution < 1.29 is 61.9 Å². The van der Waals surface area contributed by atoms with Gasteiger partial charge in [0.25, 0.3) is 0 Å². The van der Waals surface area contributed by atoms with Crippen LogP contribution in [0.5, 0.6) is 0 Å². The van der Waals surface area contributed by atoms with Crippen molar-refractivity contribution in [3.05, 3.63) is 21.0 Å². The van der Waals surface area contributed by atoms with Crippen molar-refractivity contribution in [1.29, 1.82) is 0 Å². The van der Waals surface area contributed by atoms with Gasteiger partial charge >= 0.3 is 78.3 Å². The molecular weight excluding hydrogens is 306 g/mol. The molecule has 1 rings (SSSR count). The van der Waals surface area contributed by atoms with Gasteiger partial charge in [0.05, 0.1) is 0 Å². The zero-order chi connectivity index (χ0) is 7.78. The molecule has 0 radical (unpaired) electrons. The van der Waals surface area contributed by atoms with Gasteiger partial charge in [-0.2, -0.15) is 0 Å². The minimum atomic E-state index is 0. The molecule has 0 fully saturated rings. The zero-order valence-electron chi connectivity index (χ0n) is 8.00. The Hall–Kier alpha value is 1.23. The molecule has 0 bridgehead atoms. The SMILES string of the molecule is CC(C)(C)C1=CC[C]([Zr+3])=C1.[Cl-].[Cl-].[Cl-]. The monoisotopic (exact) mass is 316 g/mol. The molecule has 0 saturated heterocycles. The standard InChI is InChI=1S/C9H13.3ClH.Zr/c1-9(2,3)8-6-4-5-7-8;;;;/h6-7H,4H2,1-3H3;3*1H;/q;;;;+3/p-3. The molecule has 13 heavy (non-hydrogen) atoms. The Morgan fingerprint density at radius 3 is 1.77 bits per heavy atom. The van der Waals surface area contributed by atoms with Crippen molar-refractivity contribution in [1.82, 2.24) is 0 Å². The largest absolute Gasteiger partial charge is 1.00 e. The van der Waals surface area contributed by atoms with E-state index in [0.29, 0.717) is 5.41 Å². The topological polar surface area (TPSA) is 0 Å². The van der Waals surface area contributed by atoms with Gasteiger partial charge in [-0.1, -0.05) is 0 Å². The summed E-state index contributed by atoms with van der Waals surface area (Å²) in [6.45, 7) is 6.80. The molecule has 1 aliphatic rings. The van der Waals surface area contributed by atoms with Crippen LogP contribution in [0.25, 0.3) is 0 Å². The maximum atomic E-state index is 2.35. The van der Waals surface area contributed by atoms with Crippen LogP contribution >= 0.6 is 0 Å². The van der Waals surface area contributed by atoms with E-state index < -0.39 is 0 Å². The predicted molar refractivity (Wildman–Crippen MR) is 40.2 cm³/mol. The molecule has 0 atom stereocenters. The summed E-state index contributed by atoms with van der Waals surface area (Å²) in [5.74, 6) is 0. The van der Waals surface area contributed by atoms with E-state index in [1.807, 2.05) is 0 Å². The van der Waals surface area contributed by atoms with Crippen LogP contribution in [-0.2, 0) is 24.7 Å². The third-order valence-corrected chi connectivity index (χ3v) is 2.59. The average Bonchev–Trinajstić information content (AvgIpc) is 2.11. The van der Waals surface area contributed by atoms with Crippen LogP contribution in [0.1, 0.15) is 27.2 Å². The van der Waals surface area contributed by atoms with Crippen LogP contribution in [0, 0.1) is 5.41 Å². The third-order valence-electron chi connectivity index (χ3n) is 1.74. The van der Waals surface area contributed by atoms with Crippen LogP contribution in [-0.4, -0.2) is 0 Å². The van der Waals surface area contributed by atoms with Crippen LogP contribution in [0.15, 0.2) is 21.0 Å². The fraction of sp³-hybridized carbons (Fsp3) is 0.556. The number of allylic oxidation sites excluding steroid dienone is 4. The second-order valence-electron chi connectivity index (χ2n) is 3.78. The summed E-state index contributed by atoms with van der Waals surface area (Å²) in [4.78, 5) is 0. The van der Waals surface area contributed by atoms with Gasteiger partial charge in [-0.3, -0.25) is 0 Å². The summed E-state index contributed by atoms with van der Waals surface area (Å²) in [5, 5.41) is 0. The Kier molecular flexibility index (Phi) is 11.4. The van der Waals surface area contributed by atoms with Gasteiger partial charge in [0.2, 0.25) is 0 Å². The first kappa shape index (κ1) is 19.8. The van der Waals surface area contributed by atoms with Gasteiger partial charge in [-0.15, -0.1) is 0 Å². The fourth-order valence-electron chi connectivity index (χ4n) is 1.05. The summed E-state index contributed by atoms with van der Waals surface area (Å²) in [6.07, 6.45) is 5.90. The summed E-state index contributed by atoms with van der Waals surface area (Å²) in [5.41, 5.74) is 1.87. The first-order valence-corrected chi connectivity index (χ1v) is 4.86. The first-order chi connectivity index (χ1) is 4.50. The predicted octanol–water partition coefficient (Wildman–Crippen LogP) is -6.19. The molecular formula is C9H13Cl3Zr. The van der Waals surface area contributed by atoms with Crippen LogP contribution in [0.2, 0.25) is 0 Å². The molecule has 4 heteroatoms. The first-order valence-electron chi connectivity index (χ1n) is 3.63. The van der Waals surface area contributed by atoms with Crippen molar-refractivity contribution in [3.63, 3.8) is 0 Å². The zero-order valence-corrected chi connectivity index (χ0v) is 12.7. The molecule has 0 aromatic carbocycles. The van der Waals surface area contributed by atoms with E-state index >= 15 is 0 Å². The van der Waals surface area contributed by atoms with Gasteiger partial charge < -0.3 is 37.2 Å². The van der Waals surface area contributed by atoms with Crippen LogP contribution < -0.4 is 37.2 Å². The van der Waals surface area contributed by atoms with E-state index in [0.717, 1.165) is 0 Å². The van der Waals surface area contributed by atoms with E-state index in [4.69, 9.17) is 0 Å². The van der Waals surface area contributed by atoms with E-state index in [9.17, 15) is 0 Å². The molecule has 0 nitrogen and oxygen atoms in total. The van der Waals surface area contributed by atoms with Crippen molar-refractivity contribution >= 4 is 0 Å². The van der Waals surface area contributed by atoms with Gasteiger partial charge in [0, 0.05) is 0 Å². The summed E-state index contributed by atoms with van der Waals surface area (Å²) >= 11 is 1.57. The maximum absolute atomic E-state index is 2.35. The summed E-state index contributed by atoms with van der Waals surface area (Å²) in [7, 11) is 0. The average molecular weight is 319 g/mol. The molecule has 0 N–H and O–H groups in total. The molecule has 0 aromatic rings. The Morgan fingerprint density at radius 1 is 1.15 bits per heavy atom. The maximum Gasteiger partial charge on any atom is -1.00 e. The second-order valence-corrected chi connectivity index (χ2v) is 5.36. The molecule has 0 unspecified atom stereocenters. The minimum Gasteiger partial charge on any atom is -1.00 e. The quantitative estimate of drug-likeness (QED) is 0.417. The smallest absolute Gasteiger partial charge is 1.00 e. The van der Waals surface area contributed by atoms with Gasteiger partial charge in [0.1, 0.15) is 0 Å². The second kappa shape index (κ2) is 7.52. The molecule has 0 heterocycles. The van der Waals surface area contributed by atoms with Gasteiger partial charge in [-0.25, -0.2) is 0 Å². The van der Waals surface area contributed by atoms with E-state index in [1.54, 1.807) is 28.0 Å². The van der Waals surface area contributed by atoms with Crippen LogP contribution in [0.4, 0.5) is 0 Å². The molecule has 1 aliphatic carbocycles. The number of halogens is 3. The molecule has 0 spiro atoms. The number of rotatable bonds is 0. The van der Waals surface area contributed by atoms with E-state index in [2.05, 4.69) is 32.9 Å². The Morgan fingerprint density at radius 2 is 1.62 bits per heavy atom. The summed E-state index contributed by atoms with van der Waals surface area (Å²) in [6, 6.07) is 0. The van der Waals surface area contributed by atoms with E-state index in [1.165, 1.54) is 12.0 Å². The normalized spacial score (nSPS) is 14.5. The molecule has 0 amide bonds. The number of hydrogen-bond donors (Lipinski definition) is 0. The Bertz CT molecular complexity index is 201. The van der Waals surface area contributed by atoms with Crippen molar-refractivity contribution in [2.75, 3.05) is 0 Å². The van der Waals surface area contributed by atoms with Gasteiger partial charge in [-0.05, 0) is 0 Å². The molecule has 0 saturated carbocycles. The molecule has 0 aliphatic heterocycles. The summed E-state index contributed by atoms with van der Waals surface area (Å²) < 4.78 is 1.58. The van der Waals surface area contributed by atoms with Gasteiger partial charge in [0.15, 0.2) is 0 Å². The molecule has 0 aromatic heterocycles. The third kappa shape index (κ3) is 6.34. The van der Waals surface area contributed by atoms with Crippen LogP contribution in [0.3, 0.4) is 0 Å². The van der Waals surface area contributed by atoms with Crippen molar-refractivity contribution in [2.24, 2.45) is 5.41 Å². The van der Waals surface area contributed by atoms with Crippen molar-refractivity contribution in [3.8, 4) is 0 Å². The van der Waals surface area contributed by atoms with E-state index in [-0.39, 0.29) is 37.2 Å². The number of hydrogen-bond acceptors (Lipinski definition) is 0. The minimum absolute atomic E-state index is 0. The van der Waals surface area contributed by atoms with Crippen molar-refractivity contribution in [2.45, 2.75) is 27.2 Å². The Balaban J connectivity index is -0.000000333. The fourth-order valence-corrected chi connectivity index (χ4v) is 1.68.